The number of rotatable bonds is 7. The van der Waals surface area contributed by atoms with E-state index in [4.69, 9.17) is 0 Å². The Labute approximate surface area is 165 Å². The summed E-state index contributed by atoms with van der Waals surface area (Å²) >= 11 is 0. The minimum atomic E-state index is -2.90. The highest BCUT2D eigenvalue weighted by atomic mass is 19.3. The van der Waals surface area contributed by atoms with Crippen LogP contribution in [0.15, 0.2) is 67.0 Å². The number of imidazole rings is 1. The van der Waals surface area contributed by atoms with Gasteiger partial charge in [-0.15, -0.1) is 0 Å². The molecular formula is C21H18F3N3O2. The maximum atomic E-state index is 14.3. The Balaban J connectivity index is 1.76. The summed E-state index contributed by atoms with van der Waals surface area (Å²) in [6, 6.07) is 11.2. The van der Waals surface area contributed by atoms with Crippen LogP contribution in [0.3, 0.4) is 0 Å². The molecule has 1 heterocycles. The Morgan fingerprint density at radius 2 is 1.90 bits per heavy atom. The molecule has 1 atom stereocenters. The lowest BCUT2D eigenvalue weighted by molar-refractivity contribution is -0.117. The number of nitrogens with one attached hydrogen (secondary N) is 1. The van der Waals surface area contributed by atoms with Crippen molar-refractivity contribution in [1.82, 2.24) is 14.9 Å². The van der Waals surface area contributed by atoms with Crippen LogP contribution in [-0.4, -0.2) is 22.1 Å². The average molecular weight is 401 g/mol. The molecule has 150 valence electrons. The Bertz CT molecular complexity index is 1000. The highest BCUT2D eigenvalue weighted by molar-refractivity contribution is 5.92. The summed E-state index contributed by atoms with van der Waals surface area (Å²) in [4.78, 5) is 16.7. The molecule has 2 aromatic carbocycles. The minimum absolute atomic E-state index is 0.0241. The molecule has 1 amide bonds. The highest BCUT2D eigenvalue weighted by Crippen LogP contribution is 2.23. The summed E-state index contributed by atoms with van der Waals surface area (Å²) in [5, 5.41) is 2.75. The lowest BCUT2D eigenvalue weighted by atomic mass is 10.1. The summed E-state index contributed by atoms with van der Waals surface area (Å²) < 4.78 is 44.7. The second-order valence-corrected chi connectivity index (χ2v) is 6.14. The number of hydrogen-bond donors (Lipinski definition) is 1. The normalized spacial score (nSPS) is 12.3. The molecule has 0 bridgehead atoms. The number of carbonyl (C=O) groups excluding carboxylic acids is 1. The molecule has 1 unspecified atom stereocenters. The van der Waals surface area contributed by atoms with Gasteiger partial charge in [-0.3, -0.25) is 4.79 Å². The summed E-state index contributed by atoms with van der Waals surface area (Å²) in [5.41, 5.74) is 0.901. The smallest absolute Gasteiger partial charge is 0.387 e. The van der Waals surface area contributed by atoms with Gasteiger partial charge in [0.25, 0.3) is 0 Å². The molecule has 0 aliphatic carbocycles. The lowest BCUT2D eigenvalue weighted by Gasteiger charge is -2.18. The van der Waals surface area contributed by atoms with Crippen LogP contribution in [0.2, 0.25) is 0 Å². The van der Waals surface area contributed by atoms with Gasteiger partial charge in [0.05, 0.1) is 0 Å². The van der Waals surface area contributed by atoms with Crippen molar-refractivity contribution >= 4 is 12.0 Å². The molecule has 0 spiro atoms. The van der Waals surface area contributed by atoms with Crippen LogP contribution in [0.25, 0.3) is 6.08 Å². The molecular weight excluding hydrogens is 383 g/mol. The van der Waals surface area contributed by atoms with Crippen LogP contribution in [0.1, 0.15) is 23.0 Å². The van der Waals surface area contributed by atoms with Gasteiger partial charge < -0.3 is 14.6 Å². The molecule has 0 saturated heterocycles. The summed E-state index contributed by atoms with van der Waals surface area (Å²) in [7, 11) is 1.75. The number of benzene rings is 2. The van der Waals surface area contributed by atoms with Crippen LogP contribution < -0.4 is 10.1 Å². The van der Waals surface area contributed by atoms with Gasteiger partial charge in [-0.05, 0) is 29.8 Å². The maximum Gasteiger partial charge on any atom is 0.387 e. The van der Waals surface area contributed by atoms with Crippen molar-refractivity contribution in [2.45, 2.75) is 12.7 Å². The van der Waals surface area contributed by atoms with Gasteiger partial charge in [-0.2, -0.15) is 8.78 Å². The van der Waals surface area contributed by atoms with E-state index in [-0.39, 0.29) is 11.3 Å². The molecule has 0 aliphatic rings. The number of alkyl halides is 2. The first-order valence-corrected chi connectivity index (χ1v) is 8.69. The highest BCUT2D eigenvalue weighted by Gasteiger charge is 2.22. The van der Waals surface area contributed by atoms with Gasteiger partial charge in [0.2, 0.25) is 5.91 Å². The topological polar surface area (TPSA) is 56.2 Å². The Kier molecular flexibility index (Phi) is 6.33. The van der Waals surface area contributed by atoms with Crippen molar-refractivity contribution in [1.29, 1.82) is 0 Å². The van der Waals surface area contributed by atoms with Gasteiger partial charge in [0, 0.05) is 31.1 Å². The van der Waals surface area contributed by atoms with Crippen LogP contribution in [0.5, 0.6) is 5.75 Å². The van der Waals surface area contributed by atoms with Crippen LogP contribution >= 0.6 is 0 Å². The number of amides is 1. The quantitative estimate of drug-likeness (QED) is 0.607. The van der Waals surface area contributed by atoms with E-state index < -0.39 is 24.4 Å². The van der Waals surface area contributed by atoms with Gasteiger partial charge in [0.1, 0.15) is 23.4 Å². The lowest BCUT2D eigenvalue weighted by Crippen LogP contribution is -2.30. The number of nitrogens with zero attached hydrogens (tertiary/aromatic N) is 2. The first kappa shape index (κ1) is 20.2. The Morgan fingerprint density at radius 1 is 1.17 bits per heavy atom. The third kappa shape index (κ3) is 5.25. The van der Waals surface area contributed by atoms with Crippen LogP contribution in [-0.2, 0) is 11.8 Å². The number of ether oxygens (including phenoxy) is 1. The van der Waals surface area contributed by atoms with Gasteiger partial charge in [-0.1, -0.05) is 30.3 Å². The van der Waals surface area contributed by atoms with Gasteiger partial charge in [-0.25, -0.2) is 9.37 Å². The van der Waals surface area contributed by atoms with E-state index in [9.17, 15) is 18.0 Å². The van der Waals surface area contributed by atoms with Crippen molar-refractivity contribution in [3.8, 4) is 5.75 Å². The second-order valence-electron chi connectivity index (χ2n) is 6.14. The zero-order chi connectivity index (χ0) is 20.8. The largest absolute Gasteiger partial charge is 0.435 e. The van der Waals surface area contributed by atoms with E-state index in [1.165, 1.54) is 42.5 Å². The zero-order valence-corrected chi connectivity index (χ0v) is 15.4. The van der Waals surface area contributed by atoms with E-state index in [0.717, 1.165) is 0 Å². The third-order valence-electron chi connectivity index (χ3n) is 4.15. The van der Waals surface area contributed by atoms with E-state index in [0.29, 0.717) is 11.4 Å². The molecule has 0 fully saturated rings. The number of carbonyl (C=O) groups is 1. The predicted octanol–water partition coefficient (Wildman–Crippen LogP) is 4.08. The number of aromatic nitrogens is 2. The van der Waals surface area contributed by atoms with Crippen molar-refractivity contribution in [2.24, 2.45) is 7.05 Å². The standard InChI is InChI=1S/C21H18F3N3O2/c1-27-13-12-25-20(27)19(16-4-2-3-5-17(16)22)26-18(28)11-8-14-6-9-15(10-7-14)29-21(23)24/h2-13,19,21H,1H3,(H,26,28)/b11-8+. The number of halogens is 3. The van der Waals surface area contributed by atoms with Crippen molar-refractivity contribution in [2.75, 3.05) is 0 Å². The summed E-state index contributed by atoms with van der Waals surface area (Å²) in [6.07, 6.45) is 6.06. The summed E-state index contributed by atoms with van der Waals surface area (Å²) in [6.45, 7) is -2.90. The zero-order valence-electron chi connectivity index (χ0n) is 15.4. The Hall–Kier alpha value is -3.55. The van der Waals surface area contributed by atoms with Crippen molar-refractivity contribution < 1.29 is 22.7 Å². The van der Waals surface area contributed by atoms with Crippen LogP contribution in [0.4, 0.5) is 13.2 Å². The van der Waals surface area contributed by atoms with Gasteiger partial charge in [0.15, 0.2) is 0 Å². The molecule has 1 aromatic heterocycles. The van der Waals surface area contributed by atoms with Gasteiger partial charge >= 0.3 is 6.61 Å². The van der Waals surface area contributed by atoms with E-state index >= 15 is 0 Å². The Morgan fingerprint density at radius 3 is 2.52 bits per heavy atom. The fourth-order valence-corrected chi connectivity index (χ4v) is 2.77. The summed E-state index contributed by atoms with van der Waals surface area (Å²) in [5.74, 6) is -0.421. The monoisotopic (exact) mass is 401 g/mol. The first-order valence-electron chi connectivity index (χ1n) is 8.69. The van der Waals surface area contributed by atoms with Crippen LogP contribution in [0, 0.1) is 5.82 Å². The molecule has 0 aliphatic heterocycles. The molecule has 0 radical (unpaired) electrons. The molecule has 3 aromatic rings. The minimum Gasteiger partial charge on any atom is -0.435 e. The van der Waals surface area contributed by atoms with E-state index in [2.05, 4.69) is 15.0 Å². The molecule has 3 rings (SSSR count). The predicted molar refractivity (Wildman–Crippen MR) is 102 cm³/mol. The molecule has 1 N–H and O–H groups in total. The number of aryl methyl sites for hydroxylation is 1. The second kappa shape index (κ2) is 9.09. The fraction of sp³-hybridized carbons (Fsp3) is 0.143. The van der Waals surface area contributed by atoms with Crippen molar-refractivity contribution in [3.05, 3.63) is 89.8 Å². The third-order valence-corrected chi connectivity index (χ3v) is 4.15. The average Bonchev–Trinajstić information content (AvgIpc) is 3.11. The van der Waals surface area contributed by atoms with E-state index in [1.54, 1.807) is 42.2 Å². The fourth-order valence-electron chi connectivity index (χ4n) is 2.77. The first-order chi connectivity index (χ1) is 13.9. The molecule has 8 heteroatoms. The molecule has 0 saturated carbocycles. The van der Waals surface area contributed by atoms with E-state index in [1.807, 2.05) is 0 Å². The number of hydrogen-bond acceptors (Lipinski definition) is 3. The molecule has 5 nitrogen and oxygen atoms in total. The van der Waals surface area contributed by atoms with Crippen molar-refractivity contribution in [3.63, 3.8) is 0 Å². The SMILES string of the molecule is Cn1ccnc1C(NC(=O)/C=C/c1ccc(OC(F)F)cc1)c1ccccc1F. The molecule has 29 heavy (non-hydrogen) atoms. The maximum absolute atomic E-state index is 14.3.